The normalized spacial score (nSPS) is 11.7. The van der Waals surface area contributed by atoms with Gasteiger partial charge < -0.3 is 23.5 Å². The fourth-order valence-corrected chi connectivity index (χ4v) is 4.33. The maximum atomic E-state index is 12.9. The van der Waals surface area contributed by atoms with Crippen LogP contribution in [-0.4, -0.2) is 45.5 Å². The molecule has 0 fully saturated rings. The van der Waals surface area contributed by atoms with E-state index in [4.69, 9.17) is 30.5 Å². The number of halogens is 1. The number of carbonyl (C=O) groups is 1. The van der Waals surface area contributed by atoms with Gasteiger partial charge in [-0.1, -0.05) is 29.0 Å². The van der Waals surface area contributed by atoms with Crippen LogP contribution >= 0.6 is 22.9 Å². The zero-order valence-electron chi connectivity index (χ0n) is 16.5. The zero-order valence-corrected chi connectivity index (χ0v) is 18.1. The number of rotatable bonds is 7. The molecule has 3 aromatic rings. The monoisotopic (exact) mass is 436 g/mol. The van der Waals surface area contributed by atoms with Crippen LogP contribution in [0.5, 0.6) is 17.2 Å². The topological polar surface area (TPSA) is 71.3 Å². The van der Waals surface area contributed by atoms with Crippen molar-refractivity contribution in [2.24, 2.45) is 4.99 Å². The molecule has 0 aliphatic carbocycles. The highest BCUT2D eigenvalue weighted by atomic mass is 35.5. The smallest absolute Gasteiger partial charge is 0.279 e. The molecule has 29 heavy (non-hydrogen) atoms. The number of benzene rings is 2. The summed E-state index contributed by atoms with van der Waals surface area (Å²) in [6.07, 6.45) is 0. The summed E-state index contributed by atoms with van der Waals surface area (Å²) in [7, 11) is 6.12. The molecular formula is C20H21ClN2O5S. The average molecular weight is 437 g/mol. The second-order valence-electron chi connectivity index (χ2n) is 5.95. The summed E-state index contributed by atoms with van der Waals surface area (Å²) < 4.78 is 24.0. The first-order valence-electron chi connectivity index (χ1n) is 8.69. The molecule has 7 nitrogen and oxygen atoms in total. The van der Waals surface area contributed by atoms with Crippen LogP contribution in [0.25, 0.3) is 10.2 Å². The van der Waals surface area contributed by atoms with E-state index >= 15 is 0 Å². The first kappa shape index (κ1) is 21.2. The molecule has 0 saturated carbocycles. The van der Waals surface area contributed by atoms with E-state index in [1.54, 1.807) is 19.2 Å². The van der Waals surface area contributed by atoms with Crippen LogP contribution < -0.4 is 19.0 Å². The number of nitrogens with zero attached hydrogens (tertiary/aromatic N) is 2. The Balaban J connectivity index is 2.14. The van der Waals surface area contributed by atoms with E-state index in [0.29, 0.717) is 45.8 Å². The van der Waals surface area contributed by atoms with Gasteiger partial charge in [-0.25, -0.2) is 0 Å². The minimum absolute atomic E-state index is 0.321. The Bertz CT molecular complexity index is 1080. The van der Waals surface area contributed by atoms with Gasteiger partial charge in [-0.3, -0.25) is 4.79 Å². The predicted octanol–water partition coefficient (Wildman–Crippen LogP) is 3.77. The average Bonchev–Trinajstić information content (AvgIpc) is 3.09. The largest absolute Gasteiger partial charge is 0.493 e. The molecule has 1 heterocycles. The van der Waals surface area contributed by atoms with Crippen molar-refractivity contribution >= 4 is 39.1 Å². The highest BCUT2D eigenvalue weighted by Gasteiger charge is 2.17. The number of hydrogen-bond acceptors (Lipinski definition) is 6. The maximum absolute atomic E-state index is 12.9. The van der Waals surface area contributed by atoms with Crippen LogP contribution in [0, 0.1) is 0 Å². The number of fused-ring (bicyclic) bond motifs is 1. The Labute approximate surface area is 177 Å². The van der Waals surface area contributed by atoms with Gasteiger partial charge in [0.25, 0.3) is 5.91 Å². The van der Waals surface area contributed by atoms with Crippen molar-refractivity contribution in [3.8, 4) is 17.2 Å². The second-order valence-corrected chi connectivity index (χ2v) is 7.36. The second kappa shape index (κ2) is 9.30. The van der Waals surface area contributed by atoms with E-state index in [1.807, 2.05) is 22.8 Å². The van der Waals surface area contributed by atoms with Crippen LogP contribution in [0.2, 0.25) is 5.02 Å². The number of amides is 1. The van der Waals surface area contributed by atoms with Gasteiger partial charge in [-0.2, -0.15) is 4.99 Å². The van der Waals surface area contributed by atoms with Gasteiger partial charge >= 0.3 is 0 Å². The fourth-order valence-electron chi connectivity index (χ4n) is 2.92. The van der Waals surface area contributed by atoms with Crippen LogP contribution in [0.1, 0.15) is 10.4 Å². The van der Waals surface area contributed by atoms with Crippen molar-refractivity contribution in [2.75, 3.05) is 35.0 Å². The lowest BCUT2D eigenvalue weighted by molar-refractivity contribution is 0.0996. The lowest BCUT2D eigenvalue weighted by Gasteiger charge is -2.12. The van der Waals surface area contributed by atoms with Gasteiger partial charge in [-0.15, -0.1) is 0 Å². The number of methoxy groups -OCH3 is 4. The summed E-state index contributed by atoms with van der Waals surface area (Å²) in [5.74, 6) is 0.752. The van der Waals surface area contributed by atoms with Gasteiger partial charge in [0.15, 0.2) is 16.3 Å². The van der Waals surface area contributed by atoms with E-state index < -0.39 is 5.91 Å². The summed E-state index contributed by atoms with van der Waals surface area (Å²) in [6.45, 7) is 0.976. The molecule has 2 aromatic carbocycles. The predicted molar refractivity (Wildman–Crippen MR) is 113 cm³/mol. The van der Waals surface area contributed by atoms with Crippen molar-refractivity contribution in [2.45, 2.75) is 6.54 Å². The van der Waals surface area contributed by atoms with Gasteiger partial charge in [0, 0.05) is 19.2 Å². The van der Waals surface area contributed by atoms with E-state index in [1.165, 1.54) is 32.7 Å². The number of thiazole rings is 1. The summed E-state index contributed by atoms with van der Waals surface area (Å²) in [5, 5.41) is 0.594. The highest BCUT2D eigenvalue weighted by molar-refractivity contribution is 7.16. The third kappa shape index (κ3) is 4.24. The Morgan fingerprint density at radius 2 is 1.79 bits per heavy atom. The van der Waals surface area contributed by atoms with Crippen LogP contribution in [-0.2, 0) is 11.3 Å². The zero-order chi connectivity index (χ0) is 21.0. The molecule has 0 atom stereocenters. The van der Waals surface area contributed by atoms with Crippen molar-refractivity contribution < 1.29 is 23.7 Å². The summed E-state index contributed by atoms with van der Waals surface area (Å²) in [4.78, 5) is 17.8. The minimum atomic E-state index is -0.432. The fraction of sp³-hybridized carbons (Fsp3) is 0.300. The number of aromatic nitrogens is 1. The Kier molecular flexibility index (Phi) is 6.79. The number of para-hydroxylation sites is 1. The van der Waals surface area contributed by atoms with Crippen molar-refractivity contribution in [3.05, 3.63) is 45.7 Å². The first-order valence-corrected chi connectivity index (χ1v) is 9.89. The quantitative estimate of drug-likeness (QED) is 0.563. The molecule has 0 bridgehead atoms. The van der Waals surface area contributed by atoms with E-state index in [0.717, 1.165) is 10.2 Å². The number of hydrogen-bond donors (Lipinski definition) is 0. The van der Waals surface area contributed by atoms with E-state index in [-0.39, 0.29) is 0 Å². The molecule has 0 unspecified atom stereocenters. The molecule has 0 aliphatic rings. The third-order valence-electron chi connectivity index (χ3n) is 4.28. The number of ether oxygens (including phenoxy) is 4. The van der Waals surface area contributed by atoms with Crippen LogP contribution in [0.3, 0.4) is 0 Å². The molecule has 0 N–H and O–H groups in total. The van der Waals surface area contributed by atoms with Crippen molar-refractivity contribution in [1.82, 2.24) is 4.57 Å². The molecular weight excluding hydrogens is 416 g/mol. The molecule has 1 amide bonds. The summed E-state index contributed by atoms with van der Waals surface area (Å²) in [6, 6.07) is 8.77. The van der Waals surface area contributed by atoms with Crippen LogP contribution in [0.4, 0.5) is 0 Å². The molecule has 1 aromatic heterocycles. The van der Waals surface area contributed by atoms with Crippen molar-refractivity contribution in [3.63, 3.8) is 0 Å². The summed E-state index contributed by atoms with van der Waals surface area (Å²) in [5.41, 5.74) is 1.15. The molecule has 0 spiro atoms. The van der Waals surface area contributed by atoms with Gasteiger partial charge in [0.2, 0.25) is 5.75 Å². The molecule has 0 radical (unpaired) electrons. The third-order valence-corrected chi connectivity index (χ3v) is 5.63. The maximum Gasteiger partial charge on any atom is 0.279 e. The van der Waals surface area contributed by atoms with Crippen LogP contribution in [0.15, 0.2) is 35.3 Å². The summed E-state index contributed by atoms with van der Waals surface area (Å²) >= 11 is 7.78. The minimum Gasteiger partial charge on any atom is -0.493 e. The Morgan fingerprint density at radius 1 is 1.10 bits per heavy atom. The number of carbonyl (C=O) groups excluding carboxylic acids is 1. The molecule has 3 rings (SSSR count). The first-order chi connectivity index (χ1) is 14.0. The molecule has 9 heteroatoms. The van der Waals surface area contributed by atoms with E-state index in [9.17, 15) is 4.79 Å². The van der Waals surface area contributed by atoms with Gasteiger partial charge in [0.05, 0.1) is 43.2 Å². The lowest BCUT2D eigenvalue weighted by atomic mass is 10.1. The highest BCUT2D eigenvalue weighted by Crippen LogP contribution is 2.38. The Hall–Kier alpha value is -2.55. The van der Waals surface area contributed by atoms with Gasteiger partial charge in [0.1, 0.15) is 0 Å². The lowest BCUT2D eigenvalue weighted by Crippen LogP contribution is -2.19. The van der Waals surface area contributed by atoms with E-state index in [2.05, 4.69) is 4.99 Å². The standard InChI is InChI=1S/C20H21ClN2O5S/c1-25-9-8-23-17-13(21)6-5-7-16(17)29-20(23)22-19(24)12-10-14(26-2)18(28-4)15(11-12)27-3/h5-7,10-11H,8-9H2,1-4H3. The molecule has 0 saturated heterocycles. The molecule has 0 aliphatic heterocycles. The SMILES string of the molecule is COCCn1c(=NC(=O)c2cc(OC)c(OC)c(OC)c2)sc2cccc(Cl)c21. The molecule has 154 valence electrons. The van der Waals surface area contributed by atoms with Gasteiger partial charge in [-0.05, 0) is 24.3 Å². The Morgan fingerprint density at radius 3 is 2.38 bits per heavy atom. The van der Waals surface area contributed by atoms with Crippen molar-refractivity contribution in [1.29, 1.82) is 0 Å².